The molecule has 3 nitrogen and oxygen atoms in total. The summed E-state index contributed by atoms with van der Waals surface area (Å²) in [6.45, 7) is 7.61. The molecule has 0 amide bonds. The number of rotatable bonds is 4. The molecule has 2 aromatic rings. The van der Waals surface area contributed by atoms with Gasteiger partial charge in [0.25, 0.3) is 0 Å². The Balaban J connectivity index is 0.00000106. The van der Waals surface area contributed by atoms with Gasteiger partial charge in [0.15, 0.2) is 5.78 Å². The topological polar surface area (TPSA) is 54.4 Å². The first-order valence-electron chi connectivity index (χ1n) is 6.52. The lowest BCUT2D eigenvalue weighted by Gasteiger charge is -2.08. The van der Waals surface area contributed by atoms with E-state index in [1.54, 1.807) is 55.5 Å². The van der Waals surface area contributed by atoms with E-state index in [-0.39, 0.29) is 5.78 Å². The van der Waals surface area contributed by atoms with Gasteiger partial charge in [-0.1, -0.05) is 48.5 Å². The average molecular weight is 282 g/mol. The van der Waals surface area contributed by atoms with E-state index in [4.69, 9.17) is 5.11 Å². The van der Waals surface area contributed by atoms with Crippen molar-refractivity contribution in [1.29, 1.82) is 0 Å². The molecule has 1 atom stereocenters. The summed E-state index contributed by atoms with van der Waals surface area (Å²) < 4.78 is 0. The largest absolute Gasteiger partial charge is 0.481 e. The lowest BCUT2D eigenvalue weighted by molar-refractivity contribution is -0.138. The van der Waals surface area contributed by atoms with Gasteiger partial charge in [-0.2, -0.15) is 0 Å². The van der Waals surface area contributed by atoms with Crippen LogP contribution in [0.25, 0.3) is 0 Å². The number of hydrogen-bond acceptors (Lipinski definition) is 2. The molecular formula is C18H18O3. The number of carboxylic acid groups (broad SMARTS) is 1. The van der Waals surface area contributed by atoms with Crippen LogP contribution in [0.2, 0.25) is 0 Å². The van der Waals surface area contributed by atoms with Crippen molar-refractivity contribution in [3.63, 3.8) is 0 Å². The molecule has 0 aliphatic rings. The predicted molar refractivity (Wildman–Crippen MR) is 83.6 cm³/mol. The Morgan fingerprint density at radius 2 is 1.52 bits per heavy atom. The van der Waals surface area contributed by atoms with Crippen molar-refractivity contribution >= 4 is 11.8 Å². The molecule has 0 aliphatic heterocycles. The fourth-order valence-electron chi connectivity index (χ4n) is 1.85. The van der Waals surface area contributed by atoms with Crippen LogP contribution in [0.15, 0.2) is 67.8 Å². The molecule has 108 valence electrons. The van der Waals surface area contributed by atoms with Gasteiger partial charge >= 0.3 is 5.97 Å². The third-order valence-electron chi connectivity index (χ3n) is 3.06. The number of hydrogen-bond donors (Lipinski definition) is 1. The van der Waals surface area contributed by atoms with Gasteiger partial charge < -0.3 is 5.11 Å². The lowest BCUT2D eigenvalue weighted by atomic mass is 9.96. The summed E-state index contributed by atoms with van der Waals surface area (Å²) in [6, 6.07) is 15.7. The summed E-state index contributed by atoms with van der Waals surface area (Å²) in [5, 5.41) is 9.00. The molecule has 0 aromatic heterocycles. The van der Waals surface area contributed by atoms with Crippen LogP contribution in [0.1, 0.15) is 34.3 Å². The number of carbonyl (C=O) groups is 2. The molecule has 0 saturated heterocycles. The Hall–Kier alpha value is -2.68. The Bertz CT molecular complexity index is 617. The highest BCUT2D eigenvalue weighted by Gasteiger charge is 2.16. The van der Waals surface area contributed by atoms with Crippen LogP contribution in [0.5, 0.6) is 0 Å². The van der Waals surface area contributed by atoms with Crippen LogP contribution in [0.3, 0.4) is 0 Å². The molecular weight excluding hydrogens is 264 g/mol. The van der Waals surface area contributed by atoms with Crippen molar-refractivity contribution in [3.05, 3.63) is 84.4 Å². The minimum absolute atomic E-state index is 0.0972. The summed E-state index contributed by atoms with van der Waals surface area (Å²) >= 11 is 0. The van der Waals surface area contributed by atoms with Crippen molar-refractivity contribution in [3.8, 4) is 0 Å². The third-order valence-corrected chi connectivity index (χ3v) is 3.06. The second kappa shape index (κ2) is 7.80. The van der Waals surface area contributed by atoms with E-state index in [1.807, 2.05) is 6.07 Å². The van der Waals surface area contributed by atoms with Gasteiger partial charge in [0.2, 0.25) is 0 Å². The van der Waals surface area contributed by atoms with E-state index < -0.39 is 11.9 Å². The summed E-state index contributed by atoms with van der Waals surface area (Å²) in [5.41, 5.74) is 1.74. The molecule has 0 aliphatic carbocycles. The van der Waals surface area contributed by atoms with E-state index >= 15 is 0 Å². The molecule has 0 saturated carbocycles. The normalized spacial score (nSPS) is 10.9. The predicted octanol–water partition coefficient (Wildman–Crippen LogP) is 3.91. The summed E-state index contributed by atoms with van der Waals surface area (Å²) in [7, 11) is 0. The van der Waals surface area contributed by atoms with Crippen LogP contribution in [0, 0.1) is 0 Å². The Kier molecular flexibility index (Phi) is 6.08. The highest BCUT2D eigenvalue weighted by atomic mass is 16.4. The number of carbonyl (C=O) groups excluding carboxylic acids is 1. The van der Waals surface area contributed by atoms with E-state index in [1.165, 1.54) is 0 Å². The molecule has 0 radical (unpaired) electrons. The molecule has 1 N–H and O–H groups in total. The quantitative estimate of drug-likeness (QED) is 0.683. The van der Waals surface area contributed by atoms with Crippen molar-refractivity contribution in [2.75, 3.05) is 0 Å². The molecule has 1 unspecified atom stereocenters. The monoisotopic (exact) mass is 282 g/mol. The molecule has 2 aromatic carbocycles. The SMILES string of the molecule is C=C.CC(C(=O)O)c1cccc(C(=O)c2ccccc2)c1. The smallest absolute Gasteiger partial charge is 0.310 e. The molecule has 0 bridgehead atoms. The minimum atomic E-state index is -0.899. The van der Waals surface area contributed by atoms with Gasteiger partial charge in [-0.25, -0.2) is 0 Å². The van der Waals surface area contributed by atoms with E-state index in [0.29, 0.717) is 16.7 Å². The minimum Gasteiger partial charge on any atom is -0.481 e. The summed E-state index contributed by atoms with van der Waals surface area (Å²) in [5.74, 6) is -1.62. The van der Waals surface area contributed by atoms with Gasteiger partial charge in [0, 0.05) is 11.1 Å². The van der Waals surface area contributed by atoms with Crippen LogP contribution < -0.4 is 0 Å². The maximum Gasteiger partial charge on any atom is 0.310 e. The molecule has 3 heteroatoms. The second-order valence-corrected chi connectivity index (χ2v) is 4.38. The molecule has 2 rings (SSSR count). The number of ketones is 1. The zero-order valence-corrected chi connectivity index (χ0v) is 12.0. The standard InChI is InChI=1S/C16H14O3.C2H4/c1-11(16(18)19)13-8-5-9-14(10-13)15(17)12-6-3-2-4-7-12;1-2/h2-11H,1H3,(H,18,19);1-2H2. The van der Waals surface area contributed by atoms with Gasteiger partial charge in [0.1, 0.15) is 0 Å². The van der Waals surface area contributed by atoms with Crippen molar-refractivity contribution in [2.24, 2.45) is 0 Å². The van der Waals surface area contributed by atoms with Crippen LogP contribution in [0.4, 0.5) is 0 Å². The maximum atomic E-state index is 12.2. The number of carboxylic acids is 1. The van der Waals surface area contributed by atoms with Crippen molar-refractivity contribution < 1.29 is 14.7 Å². The van der Waals surface area contributed by atoms with Crippen LogP contribution in [-0.2, 0) is 4.79 Å². The number of aliphatic carboxylic acids is 1. The van der Waals surface area contributed by atoms with Gasteiger partial charge in [0.05, 0.1) is 5.92 Å². The molecule has 0 spiro atoms. The molecule has 0 fully saturated rings. The highest BCUT2D eigenvalue weighted by Crippen LogP contribution is 2.18. The summed E-state index contributed by atoms with van der Waals surface area (Å²) in [6.07, 6.45) is 0. The number of benzene rings is 2. The van der Waals surface area contributed by atoms with Gasteiger partial charge in [-0.15, -0.1) is 13.2 Å². The zero-order valence-electron chi connectivity index (χ0n) is 12.0. The van der Waals surface area contributed by atoms with E-state index in [0.717, 1.165) is 0 Å². The fourth-order valence-corrected chi connectivity index (χ4v) is 1.85. The zero-order chi connectivity index (χ0) is 15.8. The van der Waals surface area contributed by atoms with Crippen molar-refractivity contribution in [2.45, 2.75) is 12.8 Å². The molecule has 21 heavy (non-hydrogen) atoms. The highest BCUT2D eigenvalue weighted by molar-refractivity contribution is 6.09. The maximum absolute atomic E-state index is 12.2. The van der Waals surface area contributed by atoms with Gasteiger partial charge in [-0.05, 0) is 18.6 Å². The first-order valence-corrected chi connectivity index (χ1v) is 6.52. The first kappa shape index (κ1) is 16.4. The molecule has 0 heterocycles. The third kappa shape index (κ3) is 4.14. The average Bonchev–Trinajstić information content (AvgIpc) is 2.56. The first-order chi connectivity index (χ1) is 10.1. The van der Waals surface area contributed by atoms with Crippen molar-refractivity contribution in [1.82, 2.24) is 0 Å². The van der Waals surface area contributed by atoms with Gasteiger partial charge in [-0.3, -0.25) is 9.59 Å². The van der Waals surface area contributed by atoms with Crippen LogP contribution >= 0.6 is 0 Å². The summed E-state index contributed by atoms with van der Waals surface area (Å²) in [4.78, 5) is 23.2. The second-order valence-electron chi connectivity index (χ2n) is 4.38. The van der Waals surface area contributed by atoms with Crippen LogP contribution in [-0.4, -0.2) is 16.9 Å². The Labute approximate surface area is 124 Å². The Morgan fingerprint density at radius 1 is 0.952 bits per heavy atom. The van der Waals surface area contributed by atoms with E-state index in [2.05, 4.69) is 13.2 Å². The fraction of sp³-hybridized carbons (Fsp3) is 0.111. The Morgan fingerprint density at radius 3 is 2.10 bits per heavy atom. The lowest BCUT2D eigenvalue weighted by Crippen LogP contribution is -2.09. The van der Waals surface area contributed by atoms with E-state index in [9.17, 15) is 9.59 Å².